The Kier molecular flexibility index (Phi) is 4.53. The van der Waals surface area contributed by atoms with Crippen LogP contribution in [0.15, 0.2) is 59.8 Å². The zero-order chi connectivity index (χ0) is 19.6. The molecule has 0 aromatic carbocycles. The Morgan fingerprint density at radius 1 is 1.03 bits per heavy atom. The smallest absolute Gasteiger partial charge is 0.230 e. The van der Waals surface area contributed by atoms with E-state index >= 15 is 0 Å². The lowest BCUT2D eigenvalue weighted by Crippen LogP contribution is -2.29. The highest BCUT2D eigenvalue weighted by Crippen LogP contribution is 2.32. The van der Waals surface area contributed by atoms with Gasteiger partial charge in [-0.05, 0) is 44.1 Å². The Hall–Kier alpha value is -3.52. The summed E-state index contributed by atoms with van der Waals surface area (Å²) in [5.74, 6) is 1.44. The standard InChI is InChI=1S/C21H21N7O/c22-20-18(21-26-12-19(29-21)14-2-1-5-24-9-14)8-15(10-25-20)16-11-27-28(13-16)17-3-6-23-7-4-17/h1-2,5,8-13,17,23H,3-4,6-7H2,(H2,22,25). The Labute approximate surface area is 167 Å². The van der Waals surface area contributed by atoms with Crippen molar-refractivity contribution in [2.75, 3.05) is 18.8 Å². The molecule has 0 spiro atoms. The van der Waals surface area contributed by atoms with E-state index in [1.807, 2.05) is 24.4 Å². The largest absolute Gasteiger partial charge is 0.436 e. The quantitative estimate of drug-likeness (QED) is 0.554. The first-order valence-corrected chi connectivity index (χ1v) is 9.65. The lowest BCUT2D eigenvalue weighted by Gasteiger charge is -2.22. The average molecular weight is 387 g/mol. The first-order chi connectivity index (χ1) is 14.3. The molecule has 0 aliphatic carbocycles. The molecule has 29 heavy (non-hydrogen) atoms. The summed E-state index contributed by atoms with van der Waals surface area (Å²) in [6.45, 7) is 2.05. The monoisotopic (exact) mass is 387 g/mol. The van der Waals surface area contributed by atoms with Crippen LogP contribution in [0.25, 0.3) is 33.9 Å². The third-order valence-corrected chi connectivity index (χ3v) is 5.22. The second-order valence-corrected chi connectivity index (χ2v) is 7.12. The van der Waals surface area contributed by atoms with Crippen molar-refractivity contribution in [1.82, 2.24) is 30.0 Å². The third-order valence-electron chi connectivity index (χ3n) is 5.22. The Bertz CT molecular complexity index is 1110. The fraction of sp³-hybridized carbons (Fsp3) is 0.238. The van der Waals surface area contributed by atoms with Crippen molar-refractivity contribution in [3.8, 4) is 33.9 Å². The van der Waals surface area contributed by atoms with Crippen molar-refractivity contribution < 1.29 is 4.42 Å². The summed E-state index contributed by atoms with van der Waals surface area (Å²) < 4.78 is 7.98. The minimum Gasteiger partial charge on any atom is -0.436 e. The molecule has 0 unspecified atom stereocenters. The van der Waals surface area contributed by atoms with Crippen molar-refractivity contribution in [1.29, 1.82) is 0 Å². The van der Waals surface area contributed by atoms with Crippen LogP contribution >= 0.6 is 0 Å². The lowest BCUT2D eigenvalue weighted by molar-refractivity contribution is 0.343. The highest BCUT2D eigenvalue weighted by molar-refractivity contribution is 5.75. The molecule has 1 aliphatic heterocycles. The van der Waals surface area contributed by atoms with E-state index in [1.54, 1.807) is 24.8 Å². The van der Waals surface area contributed by atoms with Crippen LogP contribution < -0.4 is 11.1 Å². The van der Waals surface area contributed by atoms with Gasteiger partial charge in [-0.1, -0.05) is 0 Å². The minimum absolute atomic E-state index is 0.374. The van der Waals surface area contributed by atoms with E-state index in [4.69, 9.17) is 10.2 Å². The zero-order valence-electron chi connectivity index (χ0n) is 15.8. The van der Waals surface area contributed by atoms with E-state index in [2.05, 4.69) is 36.2 Å². The van der Waals surface area contributed by atoms with Crippen LogP contribution in [0.3, 0.4) is 0 Å². The van der Waals surface area contributed by atoms with Gasteiger partial charge < -0.3 is 15.5 Å². The minimum atomic E-state index is 0.374. The number of hydrogen-bond acceptors (Lipinski definition) is 7. The summed E-state index contributed by atoms with van der Waals surface area (Å²) >= 11 is 0. The first-order valence-electron chi connectivity index (χ1n) is 9.65. The molecule has 0 amide bonds. The van der Waals surface area contributed by atoms with Crippen LogP contribution in [0.5, 0.6) is 0 Å². The summed E-state index contributed by atoms with van der Waals surface area (Å²) in [5, 5.41) is 7.95. The highest BCUT2D eigenvalue weighted by atomic mass is 16.4. The van der Waals surface area contributed by atoms with Crippen molar-refractivity contribution in [2.45, 2.75) is 18.9 Å². The summed E-state index contributed by atoms with van der Waals surface area (Å²) in [6, 6.07) is 6.16. The van der Waals surface area contributed by atoms with Crippen molar-refractivity contribution in [2.24, 2.45) is 0 Å². The lowest BCUT2D eigenvalue weighted by atomic mass is 10.1. The summed E-state index contributed by atoms with van der Waals surface area (Å²) in [6.07, 6.45) is 13.0. The Balaban J connectivity index is 1.45. The fourth-order valence-electron chi connectivity index (χ4n) is 3.60. The van der Waals surface area contributed by atoms with Gasteiger partial charge in [-0.2, -0.15) is 5.10 Å². The van der Waals surface area contributed by atoms with Crippen LogP contribution in [0, 0.1) is 0 Å². The summed E-state index contributed by atoms with van der Waals surface area (Å²) in [7, 11) is 0. The van der Waals surface area contributed by atoms with Gasteiger partial charge in [-0.3, -0.25) is 9.67 Å². The Morgan fingerprint density at radius 2 is 1.93 bits per heavy atom. The predicted molar refractivity (Wildman–Crippen MR) is 110 cm³/mol. The third kappa shape index (κ3) is 3.50. The maximum absolute atomic E-state index is 6.12. The molecule has 0 bridgehead atoms. The second-order valence-electron chi connectivity index (χ2n) is 7.12. The maximum Gasteiger partial charge on any atom is 0.230 e. The van der Waals surface area contributed by atoms with E-state index in [0.29, 0.717) is 29.1 Å². The molecule has 4 aromatic rings. The first kappa shape index (κ1) is 17.6. The number of nitrogen functional groups attached to an aromatic ring is 1. The number of rotatable bonds is 4. The number of aromatic nitrogens is 5. The number of pyridine rings is 2. The van der Waals surface area contributed by atoms with Crippen molar-refractivity contribution in [3.63, 3.8) is 0 Å². The number of oxazole rings is 1. The molecule has 0 saturated carbocycles. The molecule has 0 atom stereocenters. The van der Waals surface area contributed by atoms with Crippen LogP contribution in [-0.4, -0.2) is 37.8 Å². The van der Waals surface area contributed by atoms with Gasteiger partial charge in [0.05, 0.1) is 24.0 Å². The van der Waals surface area contributed by atoms with E-state index in [-0.39, 0.29) is 0 Å². The molecule has 5 rings (SSSR count). The molecule has 1 aliphatic rings. The zero-order valence-corrected chi connectivity index (χ0v) is 15.8. The molecular formula is C21H21N7O. The number of piperidine rings is 1. The van der Waals surface area contributed by atoms with Gasteiger partial charge in [0.25, 0.3) is 0 Å². The van der Waals surface area contributed by atoms with E-state index in [9.17, 15) is 0 Å². The molecule has 3 N–H and O–H groups in total. The van der Waals surface area contributed by atoms with Crippen molar-refractivity contribution >= 4 is 5.82 Å². The molecule has 8 nitrogen and oxygen atoms in total. The number of nitrogens with two attached hydrogens (primary N) is 1. The summed E-state index contributed by atoms with van der Waals surface area (Å²) in [5.41, 5.74) is 9.56. The van der Waals surface area contributed by atoms with Gasteiger partial charge in [0.15, 0.2) is 5.76 Å². The SMILES string of the molecule is Nc1ncc(-c2cnn(C3CCNCC3)c2)cc1-c1ncc(-c2cccnc2)o1. The van der Waals surface area contributed by atoms with E-state index < -0.39 is 0 Å². The van der Waals surface area contributed by atoms with Gasteiger partial charge in [0, 0.05) is 41.5 Å². The molecule has 146 valence electrons. The van der Waals surface area contributed by atoms with Crippen LogP contribution in [0.4, 0.5) is 5.82 Å². The topological polar surface area (TPSA) is 108 Å². The van der Waals surface area contributed by atoms with Gasteiger partial charge in [0.2, 0.25) is 5.89 Å². The average Bonchev–Trinajstić information content (AvgIpc) is 3.46. The van der Waals surface area contributed by atoms with Crippen LogP contribution in [0.2, 0.25) is 0 Å². The van der Waals surface area contributed by atoms with Gasteiger partial charge in [-0.15, -0.1) is 0 Å². The van der Waals surface area contributed by atoms with Gasteiger partial charge in [-0.25, -0.2) is 9.97 Å². The predicted octanol–water partition coefficient (Wildman–Crippen LogP) is 3.17. The second kappa shape index (κ2) is 7.48. The van der Waals surface area contributed by atoms with E-state index in [1.165, 1.54) is 0 Å². The molecule has 8 heteroatoms. The molecule has 0 radical (unpaired) electrons. The van der Waals surface area contributed by atoms with Crippen LogP contribution in [-0.2, 0) is 0 Å². The fourth-order valence-corrected chi connectivity index (χ4v) is 3.60. The number of hydrogen-bond donors (Lipinski definition) is 2. The number of nitrogens with zero attached hydrogens (tertiary/aromatic N) is 5. The number of nitrogens with one attached hydrogen (secondary N) is 1. The number of anilines is 1. The molecule has 1 fully saturated rings. The molecule has 5 heterocycles. The van der Waals surface area contributed by atoms with Gasteiger partial charge >= 0.3 is 0 Å². The maximum atomic E-state index is 6.12. The van der Waals surface area contributed by atoms with Crippen LogP contribution in [0.1, 0.15) is 18.9 Å². The van der Waals surface area contributed by atoms with Crippen molar-refractivity contribution in [3.05, 3.63) is 55.4 Å². The van der Waals surface area contributed by atoms with Gasteiger partial charge in [0.1, 0.15) is 5.82 Å². The highest BCUT2D eigenvalue weighted by Gasteiger charge is 2.18. The summed E-state index contributed by atoms with van der Waals surface area (Å²) in [4.78, 5) is 12.9. The normalized spacial score (nSPS) is 14.9. The molecule has 1 saturated heterocycles. The molecule has 4 aromatic heterocycles. The Morgan fingerprint density at radius 3 is 2.76 bits per heavy atom. The molecular weight excluding hydrogens is 366 g/mol. The van der Waals surface area contributed by atoms with E-state index in [0.717, 1.165) is 42.6 Å².